The second-order valence-corrected chi connectivity index (χ2v) is 7.48. The molecule has 0 N–H and O–H groups in total. The standard InChI is InChI=1S/C19H18N2O5S/c1-12(2)10-20-18(22)16(13-5-7-14(8-6-13)21(24)25)17(19(20)23)27-11-15-4-3-9-26-15/h3-9,12H,10-11H2,1-2H3. The van der Waals surface area contributed by atoms with Crippen LogP contribution in [0.2, 0.25) is 0 Å². The van der Waals surface area contributed by atoms with E-state index in [1.54, 1.807) is 18.4 Å². The summed E-state index contributed by atoms with van der Waals surface area (Å²) in [5.41, 5.74) is 0.708. The predicted octanol–water partition coefficient (Wildman–Crippen LogP) is 3.86. The van der Waals surface area contributed by atoms with E-state index in [2.05, 4.69) is 0 Å². The van der Waals surface area contributed by atoms with Crippen molar-refractivity contribution in [3.63, 3.8) is 0 Å². The average molecular weight is 386 g/mol. The number of nitro benzene ring substituents is 1. The van der Waals surface area contributed by atoms with Crippen molar-refractivity contribution in [2.45, 2.75) is 19.6 Å². The van der Waals surface area contributed by atoms with Crippen LogP contribution in [0, 0.1) is 16.0 Å². The molecule has 27 heavy (non-hydrogen) atoms. The molecule has 8 heteroatoms. The molecule has 1 aromatic heterocycles. The van der Waals surface area contributed by atoms with Crippen LogP contribution in [-0.4, -0.2) is 28.2 Å². The van der Waals surface area contributed by atoms with Crippen LogP contribution in [-0.2, 0) is 15.3 Å². The molecule has 0 atom stereocenters. The highest BCUT2D eigenvalue weighted by molar-refractivity contribution is 8.03. The Labute approximate surface area is 160 Å². The average Bonchev–Trinajstić information content (AvgIpc) is 3.22. The Hall–Kier alpha value is -2.87. The quantitative estimate of drug-likeness (QED) is 0.407. The van der Waals surface area contributed by atoms with Crippen molar-refractivity contribution in [1.29, 1.82) is 0 Å². The molecule has 0 saturated heterocycles. The van der Waals surface area contributed by atoms with Gasteiger partial charge in [-0.1, -0.05) is 13.8 Å². The number of thioether (sulfide) groups is 1. The first-order valence-corrected chi connectivity index (χ1v) is 9.37. The first-order valence-electron chi connectivity index (χ1n) is 8.39. The van der Waals surface area contributed by atoms with Gasteiger partial charge < -0.3 is 4.42 Å². The zero-order valence-electron chi connectivity index (χ0n) is 14.9. The van der Waals surface area contributed by atoms with Crippen molar-refractivity contribution in [2.24, 2.45) is 5.92 Å². The molecule has 140 valence electrons. The third-order valence-corrected chi connectivity index (χ3v) is 5.08. The lowest BCUT2D eigenvalue weighted by atomic mass is 10.1. The molecule has 0 fully saturated rings. The summed E-state index contributed by atoms with van der Waals surface area (Å²) < 4.78 is 5.30. The lowest BCUT2D eigenvalue weighted by Gasteiger charge is -2.17. The van der Waals surface area contributed by atoms with E-state index in [1.807, 2.05) is 13.8 Å². The summed E-state index contributed by atoms with van der Waals surface area (Å²) >= 11 is 1.24. The first kappa shape index (κ1) is 18.9. The van der Waals surface area contributed by atoms with Crippen molar-refractivity contribution in [3.8, 4) is 0 Å². The van der Waals surface area contributed by atoms with E-state index in [-0.39, 0.29) is 29.0 Å². The highest BCUT2D eigenvalue weighted by Crippen LogP contribution is 2.38. The number of carbonyl (C=O) groups excluding carboxylic acids is 2. The first-order chi connectivity index (χ1) is 12.9. The van der Waals surface area contributed by atoms with Crippen LogP contribution in [0.4, 0.5) is 5.69 Å². The molecule has 1 aliphatic heterocycles. The minimum atomic E-state index is -0.503. The molecule has 0 bridgehead atoms. The summed E-state index contributed by atoms with van der Waals surface area (Å²) in [7, 11) is 0. The molecule has 1 aromatic carbocycles. The largest absolute Gasteiger partial charge is 0.468 e. The van der Waals surface area contributed by atoms with Gasteiger partial charge in [0.1, 0.15) is 5.76 Å². The zero-order chi connectivity index (χ0) is 19.6. The van der Waals surface area contributed by atoms with E-state index in [4.69, 9.17) is 4.42 Å². The number of carbonyl (C=O) groups is 2. The summed E-state index contributed by atoms with van der Waals surface area (Å²) in [6.07, 6.45) is 1.55. The van der Waals surface area contributed by atoms with Gasteiger partial charge in [-0.3, -0.25) is 24.6 Å². The molecule has 0 radical (unpaired) electrons. The van der Waals surface area contributed by atoms with Gasteiger partial charge in [0.2, 0.25) is 0 Å². The van der Waals surface area contributed by atoms with Gasteiger partial charge in [-0.05, 0) is 35.7 Å². The Morgan fingerprint density at radius 1 is 1.15 bits per heavy atom. The summed E-state index contributed by atoms with van der Waals surface area (Å²) in [4.78, 5) is 37.7. The maximum Gasteiger partial charge on any atom is 0.269 e. The summed E-state index contributed by atoms with van der Waals surface area (Å²) in [5.74, 6) is 0.527. The smallest absolute Gasteiger partial charge is 0.269 e. The van der Waals surface area contributed by atoms with E-state index >= 15 is 0 Å². The molecule has 3 rings (SSSR count). The Kier molecular flexibility index (Phi) is 5.46. The normalized spacial score (nSPS) is 14.6. The predicted molar refractivity (Wildman–Crippen MR) is 102 cm³/mol. The van der Waals surface area contributed by atoms with Gasteiger partial charge in [0.15, 0.2) is 0 Å². The molecule has 1 aliphatic rings. The van der Waals surface area contributed by atoms with Crippen LogP contribution >= 0.6 is 11.8 Å². The number of rotatable bonds is 7. The fraction of sp³-hybridized carbons (Fsp3) is 0.263. The molecular formula is C19H18N2O5S. The topological polar surface area (TPSA) is 93.7 Å². The molecule has 7 nitrogen and oxygen atoms in total. The van der Waals surface area contributed by atoms with Crippen molar-refractivity contribution in [3.05, 3.63) is 69.0 Å². The molecule has 0 saturated carbocycles. The minimum Gasteiger partial charge on any atom is -0.468 e. The maximum absolute atomic E-state index is 12.9. The number of benzene rings is 1. The van der Waals surface area contributed by atoms with Crippen molar-refractivity contribution < 1.29 is 18.9 Å². The number of amides is 2. The number of hydrogen-bond acceptors (Lipinski definition) is 6. The Balaban J connectivity index is 1.97. The lowest BCUT2D eigenvalue weighted by Crippen LogP contribution is -2.34. The van der Waals surface area contributed by atoms with Crippen LogP contribution in [0.3, 0.4) is 0 Å². The van der Waals surface area contributed by atoms with Crippen molar-refractivity contribution >= 4 is 34.8 Å². The van der Waals surface area contributed by atoms with Gasteiger partial charge in [-0.15, -0.1) is 11.8 Å². The zero-order valence-corrected chi connectivity index (χ0v) is 15.7. The number of hydrogen-bond donors (Lipinski definition) is 0. The summed E-state index contributed by atoms with van der Waals surface area (Å²) in [5, 5.41) is 10.9. The van der Waals surface area contributed by atoms with Crippen LogP contribution in [0.15, 0.2) is 52.0 Å². The second-order valence-electron chi connectivity index (χ2n) is 6.49. The highest BCUT2D eigenvalue weighted by atomic mass is 32.2. The third-order valence-electron chi connectivity index (χ3n) is 3.98. The van der Waals surface area contributed by atoms with Crippen molar-refractivity contribution in [2.75, 3.05) is 6.54 Å². The molecule has 2 amide bonds. The number of nitrogens with zero attached hydrogens (tertiary/aromatic N) is 2. The van der Waals surface area contributed by atoms with Gasteiger partial charge in [0, 0.05) is 18.7 Å². The molecule has 0 unspecified atom stereocenters. The second kappa shape index (κ2) is 7.79. The maximum atomic E-state index is 12.9. The number of furan rings is 1. The minimum absolute atomic E-state index is 0.0695. The van der Waals surface area contributed by atoms with E-state index in [1.165, 1.54) is 40.9 Å². The molecular weight excluding hydrogens is 368 g/mol. The van der Waals surface area contributed by atoms with Crippen molar-refractivity contribution in [1.82, 2.24) is 4.90 Å². The fourth-order valence-corrected chi connectivity index (χ4v) is 3.80. The fourth-order valence-electron chi connectivity index (χ4n) is 2.76. The van der Waals surface area contributed by atoms with E-state index in [0.717, 1.165) is 0 Å². The molecule has 2 heterocycles. The van der Waals surface area contributed by atoms with Crippen LogP contribution < -0.4 is 0 Å². The Morgan fingerprint density at radius 2 is 1.85 bits per heavy atom. The number of non-ortho nitro benzene ring substituents is 1. The Morgan fingerprint density at radius 3 is 2.41 bits per heavy atom. The molecule has 2 aromatic rings. The van der Waals surface area contributed by atoms with E-state index in [0.29, 0.717) is 28.5 Å². The van der Waals surface area contributed by atoms with Crippen LogP contribution in [0.1, 0.15) is 25.2 Å². The van der Waals surface area contributed by atoms with Gasteiger partial charge in [-0.25, -0.2) is 0 Å². The van der Waals surface area contributed by atoms with Crippen LogP contribution in [0.25, 0.3) is 5.57 Å². The highest BCUT2D eigenvalue weighted by Gasteiger charge is 2.39. The molecule has 0 aliphatic carbocycles. The van der Waals surface area contributed by atoms with Gasteiger partial charge in [0.05, 0.1) is 27.4 Å². The van der Waals surface area contributed by atoms with Gasteiger partial charge in [0.25, 0.3) is 17.5 Å². The monoisotopic (exact) mass is 386 g/mol. The Bertz CT molecular complexity index is 901. The molecule has 0 spiro atoms. The van der Waals surface area contributed by atoms with Crippen LogP contribution in [0.5, 0.6) is 0 Å². The number of nitro groups is 1. The summed E-state index contributed by atoms with van der Waals surface area (Å²) in [6, 6.07) is 9.23. The van der Waals surface area contributed by atoms with E-state index < -0.39 is 4.92 Å². The van der Waals surface area contributed by atoms with E-state index in [9.17, 15) is 19.7 Å². The third kappa shape index (κ3) is 3.95. The van der Waals surface area contributed by atoms with Gasteiger partial charge in [-0.2, -0.15) is 0 Å². The number of imide groups is 1. The lowest BCUT2D eigenvalue weighted by molar-refractivity contribution is -0.384. The SMILES string of the molecule is CC(C)CN1C(=O)C(SCc2ccco2)=C(c2ccc([N+](=O)[O-])cc2)C1=O. The summed E-state index contributed by atoms with van der Waals surface area (Å²) in [6.45, 7) is 4.18. The van der Waals surface area contributed by atoms with Gasteiger partial charge >= 0.3 is 0 Å².